The van der Waals surface area contributed by atoms with Crippen LogP contribution in [-0.2, 0) is 11.3 Å². The van der Waals surface area contributed by atoms with Crippen molar-refractivity contribution >= 4 is 5.78 Å². The molecule has 1 aromatic carbocycles. The summed E-state index contributed by atoms with van der Waals surface area (Å²) in [6, 6.07) is 8.78. The zero-order chi connectivity index (χ0) is 13.7. The first kappa shape index (κ1) is 14.3. The predicted molar refractivity (Wildman–Crippen MR) is 79.1 cm³/mol. The van der Waals surface area contributed by atoms with Gasteiger partial charge in [0.25, 0.3) is 0 Å². The summed E-state index contributed by atoms with van der Waals surface area (Å²) in [6.45, 7) is 7.26. The third kappa shape index (κ3) is 4.79. The molecule has 104 valence electrons. The van der Waals surface area contributed by atoms with E-state index >= 15 is 0 Å². The number of hydrogen-bond donors (Lipinski definition) is 0. The number of benzene rings is 1. The Labute approximate surface area is 116 Å². The molecule has 1 saturated heterocycles. The van der Waals surface area contributed by atoms with E-state index in [9.17, 15) is 4.79 Å². The Morgan fingerprint density at radius 3 is 3.00 bits per heavy atom. The molecule has 2 rings (SSSR count). The molecule has 19 heavy (non-hydrogen) atoms. The smallest absolute Gasteiger partial charge is 0.129 e. The fourth-order valence-corrected chi connectivity index (χ4v) is 3.01. The molecule has 1 fully saturated rings. The SMILES string of the molecule is CC(=O)CCC1CCCN(Cc2cccc(C)c2)C1. The van der Waals surface area contributed by atoms with Crippen LogP contribution in [0.2, 0.25) is 0 Å². The third-order valence-electron chi connectivity index (χ3n) is 4.00. The molecule has 0 N–H and O–H groups in total. The molecule has 0 bridgehead atoms. The molecule has 1 atom stereocenters. The lowest BCUT2D eigenvalue weighted by atomic mass is 9.92. The normalized spacial score (nSPS) is 20.4. The molecule has 0 spiro atoms. The van der Waals surface area contributed by atoms with Crippen molar-refractivity contribution < 1.29 is 4.79 Å². The van der Waals surface area contributed by atoms with E-state index in [-0.39, 0.29) is 0 Å². The van der Waals surface area contributed by atoms with Crippen LogP contribution in [0.4, 0.5) is 0 Å². The third-order valence-corrected chi connectivity index (χ3v) is 4.00. The highest BCUT2D eigenvalue weighted by Gasteiger charge is 2.20. The van der Waals surface area contributed by atoms with Gasteiger partial charge in [-0.15, -0.1) is 0 Å². The van der Waals surface area contributed by atoms with Crippen molar-refractivity contribution in [2.45, 2.75) is 46.1 Å². The summed E-state index contributed by atoms with van der Waals surface area (Å²) in [5.74, 6) is 1.04. The van der Waals surface area contributed by atoms with Crippen LogP contribution in [0.25, 0.3) is 0 Å². The molecule has 2 heteroatoms. The average molecular weight is 259 g/mol. The fraction of sp³-hybridized carbons (Fsp3) is 0.588. The van der Waals surface area contributed by atoms with Crippen LogP contribution in [0.15, 0.2) is 24.3 Å². The second-order valence-electron chi connectivity index (χ2n) is 5.97. The Morgan fingerprint density at radius 1 is 1.42 bits per heavy atom. The van der Waals surface area contributed by atoms with Crippen LogP contribution in [0.3, 0.4) is 0 Å². The van der Waals surface area contributed by atoms with Crippen LogP contribution in [0.5, 0.6) is 0 Å². The predicted octanol–water partition coefficient (Wildman–Crippen LogP) is 3.58. The summed E-state index contributed by atoms with van der Waals surface area (Å²) in [4.78, 5) is 13.6. The maximum atomic E-state index is 11.1. The topological polar surface area (TPSA) is 20.3 Å². The highest BCUT2D eigenvalue weighted by atomic mass is 16.1. The molecule has 1 unspecified atom stereocenters. The Morgan fingerprint density at radius 2 is 2.26 bits per heavy atom. The molecule has 0 aromatic heterocycles. The maximum Gasteiger partial charge on any atom is 0.129 e. The van der Waals surface area contributed by atoms with E-state index in [1.165, 1.54) is 30.5 Å². The van der Waals surface area contributed by atoms with E-state index in [1.807, 2.05) is 0 Å². The van der Waals surface area contributed by atoms with Crippen molar-refractivity contribution in [3.8, 4) is 0 Å². The molecule has 0 saturated carbocycles. The number of piperidine rings is 1. The number of Topliss-reactive ketones (excluding diaryl/α,β-unsaturated/α-hetero) is 1. The van der Waals surface area contributed by atoms with Crippen LogP contribution in [0, 0.1) is 12.8 Å². The zero-order valence-electron chi connectivity index (χ0n) is 12.2. The molecule has 0 radical (unpaired) electrons. The highest BCUT2D eigenvalue weighted by molar-refractivity contribution is 5.75. The molecule has 1 aliphatic heterocycles. The van der Waals surface area contributed by atoms with E-state index in [0.717, 1.165) is 25.9 Å². The first-order valence-electron chi connectivity index (χ1n) is 7.41. The minimum atomic E-state index is 0.329. The van der Waals surface area contributed by atoms with Gasteiger partial charge in [-0.05, 0) is 51.1 Å². The number of aryl methyl sites for hydroxylation is 1. The molecule has 0 amide bonds. The number of ketones is 1. The van der Waals surface area contributed by atoms with Crippen LogP contribution < -0.4 is 0 Å². The number of hydrogen-bond acceptors (Lipinski definition) is 2. The van der Waals surface area contributed by atoms with Crippen LogP contribution >= 0.6 is 0 Å². The van der Waals surface area contributed by atoms with Gasteiger partial charge in [-0.3, -0.25) is 4.90 Å². The molecule has 0 aliphatic carbocycles. The Kier molecular flexibility index (Phi) is 5.15. The second kappa shape index (κ2) is 6.85. The molecule has 2 nitrogen and oxygen atoms in total. The monoisotopic (exact) mass is 259 g/mol. The van der Waals surface area contributed by atoms with Gasteiger partial charge < -0.3 is 4.79 Å². The summed E-state index contributed by atoms with van der Waals surface area (Å²) < 4.78 is 0. The van der Waals surface area contributed by atoms with Gasteiger partial charge in [-0.2, -0.15) is 0 Å². The quantitative estimate of drug-likeness (QED) is 0.805. The van der Waals surface area contributed by atoms with Crippen LogP contribution in [-0.4, -0.2) is 23.8 Å². The number of nitrogens with zero attached hydrogens (tertiary/aromatic N) is 1. The van der Waals surface area contributed by atoms with Gasteiger partial charge in [0.15, 0.2) is 0 Å². The van der Waals surface area contributed by atoms with E-state index in [0.29, 0.717) is 11.7 Å². The molecule has 1 aromatic rings. The molecular weight excluding hydrogens is 234 g/mol. The Hall–Kier alpha value is -1.15. The van der Waals surface area contributed by atoms with E-state index in [1.54, 1.807) is 6.92 Å². The van der Waals surface area contributed by atoms with Gasteiger partial charge in [-0.25, -0.2) is 0 Å². The van der Waals surface area contributed by atoms with Crippen molar-refractivity contribution in [1.82, 2.24) is 4.90 Å². The summed E-state index contributed by atoms with van der Waals surface area (Å²) in [5.41, 5.74) is 2.75. The lowest BCUT2D eigenvalue weighted by Gasteiger charge is -2.32. The Bertz CT molecular complexity index is 427. The minimum absolute atomic E-state index is 0.329. The second-order valence-corrected chi connectivity index (χ2v) is 5.97. The average Bonchev–Trinajstić information content (AvgIpc) is 2.37. The summed E-state index contributed by atoms with van der Waals surface area (Å²) in [7, 11) is 0. The van der Waals surface area contributed by atoms with Crippen molar-refractivity contribution in [3.63, 3.8) is 0 Å². The zero-order valence-corrected chi connectivity index (χ0v) is 12.2. The molecule has 1 heterocycles. The fourth-order valence-electron chi connectivity index (χ4n) is 3.01. The number of rotatable bonds is 5. The molecular formula is C17H25NO. The summed E-state index contributed by atoms with van der Waals surface area (Å²) in [6.07, 6.45) is 4.38. The Balaban J connectivity index is 1.85. The van der Waals surface area contributed by atoms with Gasteiger partial charge in [-0.1, -0.05) is 29.8 Å². The van der Waals surface area contributed by atoms with Gasteiger partial charge in [0.1, 0.15) is 5.78 Å². The number of likely N-dealkylation sites (tertiary alicyclic amines) is 1. The first-order chi connectivity index (χ1) is 9.13. The maximum absolute atomic E-state index is 11.1. The van der Waals surface area contributed by atoms with Crippen molar-refractivity contribution in [3.05, 3.63) is 35.4 Å². The lowest BCUT2D eigenvalue weighted by Crippen LogP contribution is -2.35. The van der Waals surface area contributed by atoms with Gasteiger partial charge in [0, 0.05) is 19.5 Å². The molecule has 1 aliphatic rings. The largest absolute Gasteiger partial charge is 0.300 e. The highest BCUT2D eigenvalue weighted by Crippen LogP contribution is 2.22. The minimum Gasteiger partial charge on any atom is -0.300 e. The van der Waals surface area contributed by atoms with E-state index in [4.69, 9.17) is 0 Å². The van der Waals surface area contributed by atoms with Gasteiger partial charge in [0.2, 0.25) is 0 Å². The van der Waals surface area contributed by atoms with Gasteiger partial charge in [0.05, 0.1) is 0 Å². The van der Waals surface area contributed by atoms with Crippen LogP contribution in [0.1, 0.15) is 43.7 Å². The van der Waals surface area contributed by atoms with E-state index in [2.05, 4.69) is 36.1 Å². The van der Waals surface area contributed by atoms with E-state index < -0.39 is 0 Å². The van der Waals surface area contributed by atoms with Gasteiger partial charge >= 0.3 is 0 Å². The van der Waals surface area contributed by atoms with Crippen molar-refractivity contribution in [1.29, 1.82) is 0 Å². The number of carbonyl (C=O) groups is 1. The first-order valence-corrected chi connectivity index (χ1v) is 7.41. The van der Waals surface area contributed by atoms with Crippen molar-refractivity contribution in [2.24, 2.45) is 5.92 Å². The lowest BCUT2D eigenvalue weighted by molar-refractivity contribution is -0.117. The number of carbonyl (C=O) groups excluding carboxylic acids is 1. The summed E-state index contributed by atoms with van der Waals surface area (Å²) >= 11 is 0. The van der Waals surface area contributed by atoms with Crippen molar-refractivity contribution in [2.75, 3.05) is 13.1 Å². The summed E-state index contributed by atoms with van der Waals surface area (Å²) in [5, 5.41) is 0. The standard InChI is InChI=1S/C17H25NO/c1-14-5-3-6-17(11-14)13-18-10-4-7-16(12-18)9-8-15(2)19/h3,5-6,11,16H,4,7-10,12-13H2,1-2H3.